The first-order valence-electron chi connectivity index (χ1n) is 21.2. The Balaban J connectivity index is 4.61. The molecule has 0 aliphatic rings. The van der Waals surface area contributed by atoms with E-state index in [0.29, 0.717) is 19.3 Å². The summed E-state index contributed by atoms with van der Waals surface area (Å²) in [6, 6.07) is 0. The van der Waals surface area contributed by atoms with Crippen LogP contribution in [0.4, 0.5) is 0 Å². The van der Waals surface area contributed by atoms with Gasteiger partial charge in [-0.15, -0.1) is 0 Å². The standard InChI is InChI=1S/C42H76O14P2/c1-37(2)29-25-21-17-13-11-12-16-20-24-28-32-42(46)56-40(36-55-58(50,51)54-34-39(44)33-53-57(47,48)49)35-52-41(45)31-27-23-19-15-10-8-6-4-5-7-9-14-18-22-26-30-38(3)43/h5-8,14-15,18-19,37-40,43-44H,4,9-13,16-17,20-36H2,1-3H3,(H,50,51)(H2,47,48,49)/b7-5-,8-6-,18-14-,19-15-/t38-,39+,40-/m1/s1. The maximum absolute atomic E-state index is 12.6. The van der Waals surface area contributed by atoms with Crippen LogP contribution in [-0.2, 0) is 41.8 Å². The summed E-state index contributed by atoms with van der Waals surface area (Å²) >= 11 is 0. The minimum absolute atomic E-state index is 0.107. The van der Waals surface area contributed by atoms with Crippen LogP contribution in [-0.4, -0.2) is 81.6 Å². The zero-order valence-electron chi connectivity index (χ0n) is 35.4. The molecule has 0 spiro atoms. The smallest absolute Gasteiger partial charge is 0.462 e. The van der Waals surface area contributed by atoms with Crippen molar-refractivity contribution in [3.63, 3.8) is 0 Å². The van der Waals surface area contributed by atoms with Gasteiger partial charge >= 0.3 is 27.6 Å². The largest absolute Gasteiger partial charge is 0.472 e. The van der Waals surface area contributed by atoms with Crippen LogP contribution in [0, 0.1) is 5.92 Å². The molecule has 0 radical (unpaired) electrons. The minimum atomic E-state index is -4.87. The summed E-state index contributed by atoms with van der Waals surface area (Å²) in [5.41, 5.74) is 0. The molecule has 1 unspecified atom stereocenters. The van der Waals surface area contributed by atoms with E-state index in [1.54, 1.807) is 6.92 Å². The number of hydrogen-bond acceptors (Lipinski definition) is 11. The molecule has 0 aliphatic heterocycles. The van der Waals surface area contributed by atoms with Crippen molar-refractivity contribution in [2.24, 2.45) is 5.92 Å². The van der Waals surface area contributed by atoms with Crippen molar-refractivity contribution in [2.75, 3.05) is 26.4 Å². The normalized spacial score (nSPS) is 15.2. The van der Waals surface area contributed by atoms with Gasteiger partial charge in [0.2, 0.25) is 0 Å². The molecule has 0 saturated carbocycles. The summed E-state index contributed by atoms with van der Waals surface area (Å²) < 4.78 is 47.6. The Hall–Kier alpha value is -1.96. The molecule has 14 nitrogen and oxygen atoms in total. The molecule has 0 aromatic rings. The molecule has 0 bridgehead atoms. The van der Waals surface area contributed by atoms with Gasteiger partial charge in [0.25, 0.3) is 0 Å². The monoisotopic (exact) mass is 866 g/mol. The van der Waals surface area contributed by atoms with Crippen LogP contribution < -0.4 is 0 Å². The van der Waals surface area contributed by atoms with Crippen molar-refractivity contribution in [2.45, 2.75) is 174 Å². The number of carbonyl (C=O) groups excluding carboxylic acids is 2. The van der Waals surface area contributed by atoms with Crippen molar-refractivity contribution in [3.8, 4) is 0 Å². The summed E-state index contributed by atoms with van der Waals surface area (Å²) in [4.78, 5) is 52.6. The number of phosphoric acid groups is 2. The molecule has 16 heteroatoms. The number of aliphatic hydroxyl groups excluding tert-OH is 2. The van der Waals surface area contributed by atoms with E-state index in [9.17, 15) is 33.8 Å². The fraction of sp³-hybridized carbons (Fsp3) is 0.762. The minimum Gasteiger partial charge on any atom is -0.462 e. The lowest BCUT2D eigenvalue weighted by Gasteiger charge is -2.20. The van der Waals surface area contributed by atoms with Crippen molar-refractivity contribution in [3.05, 3.63) is 48.6 Å². The molecular formula is C42H76O14P2. The van der Waals surface area contributed by atoms with Crippen molar-refractivity contribution in [1.82, 2.24) is 0 Å². The van der Waals surface area contributed by atoms with E-state index in [2.05, 4.69) is 59.4 Å². The number of esters is 2. The molecule has 338 valence electrons. The first kappa shape index (κ1) is 56.0. The van der Waals surface area contributed by atoms with Crippen LogP contribution in [0.15, 0.2) is 48.6 Å². The van der Waals surface area contributed by atoms with Crippen molar-refractivity contribution < 1.29 is 66.7 Å². The number of hydrogen-bond donors (Lipinski definition) is 5. The van der Waals surface area contributed by atoms with E-state index >= 15 is 0 Å². The van der Waals surface area contributed by atoms with E-state index in [1.807, 2.05) is 12.2 Å². The Kier molecular flexibility index (Phi) is 35.6. The average Bonchev–Trinajstić information content (AvgIpc) is 3.15. The van der Waals surface area contributed by atoms with Gasteiger partial charge in [-0.3, -0.25) is 23.2 Å². The van der Waals surface area contributed by atoms with Crippen LogP contribution in [0.1, 0.15) is 156 Å². The molecular weight excluding hydrogens is 790 g/mol. The van der Waals surface area contributed by atoms with Gasteiger partial charge in [0, 0.05) is 12.8 Å². The number of aliphatic hydroxyl groups is 2. The second-order valence-corrected chi connectivity index (χ2v) is 17.7. The van der Waals surface area contributed by atoms with Crippen LogP contribution >= 0.6 is 15.6 Å². The van der Waals surface area contributed by atoms with E-state index in [0.717, 1.165) is 70.1 Å². The summed E-state index contributed by atoms with van der Waals surface area (Å²) in [5.74, 6) is -0.354. The maximum Gasteiger partial charge on any atom is 0.472 e. The first-order chi connectivity index (χ1) is 27.6. The van der Waals surface area contributed by atoms with Crippen LogP contribution in [0.25, 0.3) is 0 Å². The third-order valence-corrected chi connectivity index (χ3v) is 10.1. The molecule has 5 N–H and O–H groups in total. The van der Waals surface area contributed by atoms with E-state index < -0.39 is 66.2 Å². The quantitative estimate of drug-likeness (QED) is 0.0168. The second kappa shape index (κ2) is 36.9. The van der Waals surface area contributed by atoms with Gasteiger partial charge in [0.05, 0.1) is 25.9 Å². The highest BCUT2D eigenvalue weighted by Gasteiger charge is 2.28. The summed E-state index contributed by atoms with van der Waals surface area (Å²) in [7, 11) is -9.69. The van der Waals surface area contributed by atoms with Crippen molar-refractivity contribution in [1.29, 1.82) is 0 Å². The lowest BCUT2D eigenvalue weighted by atomic mass is 10.0. The van der Waals surface area contributed by atoms with E-state index in [-0.39, 0.29) is 18.9 Å². The zero-order chi connectivity index (χ0) is 43.3. The average molecular weight is 867 g/mol. The van der Waals surface area contributed by atoms with Gasteiger partial charge in [0.1, 0.15) is 12.7 Å². The highest BCUT2D eigenvalue weighted by Crippen LogP contribution is 2.43. The predicted octanol–water partition coefficient (Wildman–Crippen LogP) is 9.50. The molecule has 0 fully saturated rings. The number of allylic oxidation sites excluding steroid dienone is 8. The Bertz CT molecular complexity index is 1240. The highest BCUT2D eigenvalue weighted by atomic mass is 31.2. The van der Waals surface area contributed by atoms with Crippen LogP contribution in [0.5, 0.6) is 0 Å². The Labute approximate surface area is 348 Å². The number of rotatable bonds is 39. The molecule has 0 saturated heterocycles. The number of phosphoric ester groups is 2. The summed E-state index contributed by atoms with van der Waals surface area (Å²) in [6.07, 6.45) is 32.6. The van der Waals surface area contributed by atoms with Gasteiger partial charge in [-0.25, -0.2) is 9.13 Å². The molecule has 4 atom stereocenters. The molecule has 0 aromatic carbocycles. The highest BCUT2D eigenvalue weighted by molar-refractivity contribution is 7.47. The Morgan fingerprint density at radius 2 is 1.00 bits per heavy atom. The second-order valence-electron chi connectivity index (χ2n) is 15.0. The predicted molar refractivity (Wildman–Crippen MR) is 227 cm³/mol. The number of ether oxygens (including phenoxy) is 2. The Morgan fingerprint density at radius 3 is 1.53 bits per heavy atom. The van der Waals surface area contributed by atoms with E-state index in [4.69, 9.17) is 23.8 Å². The SMILES string of the molecule is CC(C)CCCCCCCCCCCCC(=O)O[C@H](COC(=O)CCC/C=C\C/C=C\C/C=C\C/C=C\CCC[C@@H](C)O)COP(=O)(O)OC[C@@H](O)COP(=O)(O)O. The number of carbonyl (C=O) groups is 2. The van der Waals surface area contributed by atoms with Crippen molar-refractivity contribution >= 4 is 27.6 Å². The first-order valence-corrected chi connectivity index (χ1v) is 24.2. The van der Waals surface area contributed by atoms with Gasteiger partial charge in [0.15, 0.2) is 6.10 Å². The number of unbranched alkanes of at least 4 members (excludes halogenated alkanes) is 11. The summed E-state index contributed by atoms with van der Waals surface area (Å²) in [6.45, 7) is 3.52. The van der Waals surface area contributed by atoms with Gasteiger partial charge in [-0.2, -0.15) is 0 Å². The van der Waals surface area contributed by atoms with Gasteiger partial charge in [-0.05, 0) is 70.6 Å². The van der Waals surface area contributed by atoms with Gasteiger partial charge in [-0.1, -0.05) is 127 Å². The molecule has 0 aromatic heterocycles. The van der Waals surface area contributed by atoms with E-state index in [1.165, 1.54) is 38.5 Å². The third kappa shape index (κ3) is 42.2. The third-order valence-electron chi connectivity index (χ3n) is 8.66. The zero-order valence-corrected chi connectivity index (χ0v) is 37.2. The lowest BCUT2D eigenvalue weighted by molar-refractivity contribution is -0.161. The van der Waals surface area contributed by atoms with Crippen LogP contribution in [0.3, 0.4) is 0 Å². The maximum atomic E-state index is 12.6. The fourth-order valence-corrected chi connectivity index (χ4v) is 6.58. The summed E-state index contributed by atoms with van der Waals surface area (Å²) in [5, 5.41) is 19.0. The molecule has 58 heavy (non-hydrogen) atoms. The van der Waals surface area contributed by atoms with Gasteiger partial charge < -0.3 is 34.4 Å². The molecule has 0 amide bonds. The fourth-order valence-electron chi connectivity index (χ4n) is 5.43. The molecule has 0 aliphatic carbocycles. The lowest BCUT2D eigenvalue weighted by Crippen LogP contribution is -2.30. The Morgan fingerprint density at radius 1 is 0.534 bits per heavy atom. The van der Waals surface area contributed by atoms with Crippen LogP contribution in [0.2, 0.25) is 0 Å². The molecule has 0 heterocycles. The molecule has 0 rings (SSSR count). The topological polar surface area (TPSA) is 216 Å².